The molecule has 3 heteroatoms. The topological polar surface area (TPSA) is 15.7 Å². The van der Waals surface area contributed by atoms with E-state index in [4.69, 9.17) is 4.74 Å². The van der Waals surface area contributed by atoms with Crippen molar-refractivity contribution >= 4 is 0 Å². The Balaban J connectivity index is 3.46. The number of nitrogens with zero attached hydrogens (tertiary/aromatic N) is 2. The third-order valence-corrected chi connectivity index (χ3v) is 2.40. The summed E-state index contributed by atoms with van der Waals surface area (Å²) in [6.07, 6.45) is 0. The van der Waals surface area contributed by atoms with Crippen molar-refractivity contribution in [3.63, 3.8) is 0 Å². The van der Waals surface area contributed by atoms with E-state index in [0.717, 1.165) is 39.3 Å². The zero-order valence-electron chi connectivity index (χ0n) is 9.55. The van der Waals surface area contributed by atoms with Gasteiger partial charge in [-0.15, -0.1) is 0 Å². The molecule has 0 atom stereocenters. The van der Waals surface area contributed by atoms with Crippen molar-refractivity contribution in [2.45, 2.75) is 13.8 Å². The molecule has 80 valence electrons. The first kappa shape index (κ1) is 12.9. The number of hydrogen-bond acceptors (Lipinski definition) is 3. The van der Waals surface area contributed by atoms with Gasteiger partial charge in [0, 0.05) is 26.7 Å². The van der Waals surface area contributed by atoms with Crippen LogP contribution in [0.3, 0.4) is 0 Å². The molecule has 0 amide bonds. The Morgan fingerprint density at radius 1 is 1.00 bits per heavy atom. The molecule has 0 bridgehead atoms. The third-order valence-electron chi connectivity index (χ3n) is 2.40. The van der Waals surface area contributed by atoms with Crippen molar-refractivity contribution < 1.29 is 4.74 Å². The lowest BCUT2D eigenvalue weighted by Gasteiger charge is -2.23. The SMILES string of the molecule is CCN(C)CCN(CC)CCOC. The van der Waals surface area contributed by atoms with E-state index in [-0.39, 0.29) is 0 Å². The van der Waals surface area contributed by atoms with Crippen LogP contribution in [0.5, 0.6) is 0 Å². The second-order valence-electron chi connectivity index (χ2n) is 3.32. The van der Waals surface area contributed by atoms with Crippen LogP contribution >= 0.6 is 0 Å². The molecule has 13 heavy (non-hydrogen) atoms. The van der Waals surface area contributed by atoms with Crippen LogP contribution in [0.1, 0.15) is 13.8 Å². The van der Waals surface area contributed by atoms with E-state index in [9.17, 15) is 0 Å². The van der Waals surface area contributed by atoms with Crippen molar-refractivity contribution in [1.29, 1.82) is 0 Å². The first-order chi connectivity index (χ1) is 6.24. The van der Waals surface area contributed by atoms with Crippen molar-refractivity contribution in [2.75, 3.05) is 53.5 Å². The number of ether oxygens (including phenoxy) is 1. The molecular formula is C10H24N2O. The van der Waals surface area contributed by atoms with E-state index in [2.05, 4.69) is 30.7 Å². The Morgan fingerprint density at radius 2 is 1.69 bits per heavy atom. The fourth-order valence-corrected chi connectivity index (χ4v) is 1.12. The van der Waals surface area contributed by atoms with Crippen LogP contribution in [0.25, 0.3) is 0 Å². The minimum absolute atomic E-state index is 0.837. The molecule has 0 aliphatic heterocycles. The molecule has 0 aromatic carbocycles. The van der Waals surface area contributed by atoms with Gasteiger partial charge in [0.25, 0.3) is 0 Å². The summed E-state index contributed by atoms with van der Waals surface area (Å²) in [5.41, 5.74) is 0. The molecule has 0 aliphatic carbocycles. The van der Waals surface area contributed by atoms with Gasteiger partial charge in [0.05, 0.1) is 6.61 Å². The molecule has 3 nitrogen and oxygen atoms in total. The van der Waals surface area contributed by atoms with Crippen molar-refractivity contribution in [3.05, 3.63) is 0 Å². The van der Waals surface area contributed by atoms with Crippen molar-refractivity contribution in [1.82, 2.24) is 9.80 Å². The van der Waals surface area contributed by atoms with E-state index in [0.29, 0.717) is 0 Å². The van der Waals surface area contributed by atoms with Gasteiger partial charge >= 0.3 is 0 Å². The number of rotatable bonds is 8. The molecular weight excluding hydrogens is 164 g/mol. The molecule has 0 heterocycles. The fraction of sp³-hybridized carbons (Fsp3) is 1.00. The van der Waals surface area contributed by atoms with E-state index >= 15 is 0 Å². The Morgan fingerprint density at radius 3 is 2.15 bits per heavy atom. The summed E-state index contributed by atoms with van der Waals surface area (Å²) in [7, 11) is 3.91. The first-order valence-corrected chi connectivity index (χ1v) is 5.14. The van der Waals surface area contributed by atoms with Crippen LogP contribution in [0.2, 0.25) is 0 Å². The van der Waals surface area contributed by atoms with Crippen molar-refractivity contribution in [3.8, 4) is 0 Å². The highest BCUT2D eigenvalue weighted by atomic mass is 16.5. The Kier molecular flexibility index (Phi) is 8.40. The second-order valence-corrected chi connectivity index (χ2v) is 3.32. The van der Waals surface area contributed by atoms with Gasteiger partial charge in [0.1, 0.15) is 0 Å². The maximum absolute atomic E-state index is 5.05. The van der Waals surface area contributed by atoms with Crippen LogP contribution in [0.15, 0.2) is 0 Å². The number of methoxy groups -OCH3 is 1. The predicted octanol–water partition coefficient (Wildman–Crippen LogP) is 0.906. The molecule has 0 N–H and O–H groups in total. The molecule has 0 aromatic heterocycles. The van der Waals surface area contributed by atoms with Crippen LogP contribution in [0.4, 0.5) is 0 Å². The average molecular weight is 188 g/mol. The van der Waals surface area contributed by atoms with E-state index < -0.39 is 0 Å². The minimum atomic E-state index is 0.837. The lowest BCUT2D eigenvalue weighted by molar-refractivity contribution is 0.143. The highest BCUT2D eigenvalue weighted by Crippen LogP contribution is 1.89. The van der Waals surface area contributed by atoms with Crippen LogP contribution in [-0.2, 0) is 4.74 Å². The molecule has 0 saturated carbocycles. The largest absolute Gasteiger partial charge is 0.383 e. The van der Waals surface area contributed by atoms with E-state index in [1.165, 1.54) is 0 Å². The lowest BCUT2D eigenvalue weighted by atomic mass is 10.4. The summed E-state index contributed by atoms with van der Waals surface area (Å²) in [5, 5.41) is 0. The van der Waals surface area contributed by atoms with Gasteiger partial charge in [0.2, 0.25) is 0 Å². The monoisotopic (exact) mass is 188 g/mol. The standard InChI is InChI=1S/C10H24N2O/c1-5-11(3)7-8-12(6-2)9-10-13-4/h5-10H2,1-4H3. The summed E-state index contributed by atoms with van der Waals surface area (Å²) >= 11 is 0. The molecule has 0 aliphatic rings. The molecule has 0 unspecified atom stereocenters. The summed E-state index contributed by atoms with van der Waals surface area (Å²) in [6.45, 7) is 10.8. The van der Waals surface area contributed by atoms with Gasteiger partial charge in [-0.05, 0) is 20.1 Å². The molecule has 0 rings (SSSR count). The highest BCUT2D eigenvalue weighted by molar-refractivity contribution is 4.57. The van der Waals surface area contributed by atoms with Gasteiger partial charge < -0.3 is 14.5 Å². The van der Waals surface area contributed by atoms with Gasteiger partial charge in [-0.3, -0.25) is 0 Å². The number of likely N-dealkylation sites (N-methyl/N-ethyl adjacent to an activating group) is 2. The maximum Gasteiger partial charge on any atom is 0.0589 e. The van der Waals surface area contributed by atoms with Gasteiger partial charge in [-0.25, -0.2) is 0 Å². The summed E-state index contributed by atoms with van der Waals surface area (Å²) in [6, 6.07) is 0. The zero-order chi connectivity index (χ0) is 10.1. The molecule has 0 aromatic rings. The lowest BCUT2D eigenvalue weighted by Crippen LogP contribution is -2.35. The molecule has 0 saturated heterocycles. The Labute approximate surface area is 82.7 Å². The third kappa shape index (κ3) is 6.99. The Hall–Kier alpha value is -0.120. The summed E-state index contributed by atoms with van der Waals surface area (Å²) in [5.74, 6) is 0. The van der Waals surface area contributed by atoms with Crippen LogP contribution in [-0.4, -0.2) is 63.3 Å². The highest BCUT2D eigenvalue weighted by Gasteiger charge is 2.02. The van der Waals surface area contributed by atoms with E-state index in [1.54, 1.807) is 7.11 Å². The Bertz CT molecular complexity index is 109. The van der Waals surface area contributed by atoms with Gasteiger partial charge in [0.15, 0.2) is 0 Å². The minimum Gasteiger partial charge on any atom is -0.383 e. The second kappa shape index (κ2) is 8.48. The normalized spacial score (nSPS) is 11.5. The first-order valence-electron chi connectivity index (χ1n) is 5.14. The smallest absolute Gasteiger partial charge is 0.0589 e. The average Bonchev–Trinajstić information content (AvgIpc) is 2.17. The maximum atomic E-state index is 5.05. The molecule has 0 fully saturated rings. The fourth-order valence-electron chi connectivity index (χ4n) is 1.12. The van der Waals surface area contributed by atoms with E-state index in [1.807, 2.05) is 0 Å². The van der Waals surface area contributed by atoms with Gasteiger partial charge in [-0.1, -0.05) is 13.8 Å². The summed E-state index contributed by atoms with van der Waals surface area (Å²) in [4.78, 5) is 4.74. The number of hydrogen-bond donors (Lipinski definition) is 0. The van der Waals surface area contributed by atoms with Crippen molar-refractivity contribution in [2.24, 2.45) is 0 Å². The van der Waals surface area contributed by atoms with Crippen LogP contribution < -0.4 is 0 Å². The molecule has 0 radical (unpaired) electrons. The zero-order valence-corrected chi connectivity index (χ0v) is 9.55. The molecule has 0 spiro atoms. The van der Waals surface area contributed by atoms with Gasteiger partial charge in [-0.2, -0.15) is 0 Å². The van der Waals surface area contributed by atoms with Crippen LogP contribution in [0, 0.1) is 0 Å². The quantitative estimate of drug-likeness (QED) is 0.563. The summed E-state index contributed by atoms with van der Waals surface area (Å²) < 4.78 is 5.05. The predicted molar refractivity (Wildman–Crippen MR) is 57.2 cm³/mol.